The lowest BCUT2D eigenvalue weighted by Crippen LogP contribution is -2.15. The van der Waals surface area contributed by atoms with Crippen LogP contribution in [0.5, 0.6) is 5.75 Å². The number of aromatic hydroxyl groups is 1. The Bertz CT molecular complexity index is 499. The highest BCUT2D eigenvalue weighted by Gasteiger charge is 2.05. The SMILES string of the molecule is CNCc1ccccc1Pc1ccccc1O. The Hall–Kier alpha value is -1.37. The molecule has 1 atom stereocenters. The summed E-state index contributed by atoms with van der Waals surface area (Å²) in [6.45, 7) is 0.858. The maximum absolute atomic E-state index is 9.78. The molecule has 2 aromatic rings. The molecule has 0 fully saturated rings. The van der Waals surface area contributed by atoms with E-state index in [0.29, 0.717) is 14.3 Å². The van der Waals surface area contributed by atoms with Crippen molar-refractivity contribution in [2.24, 2.45) is 0 Å². The lowest BCUT2D eigenvalue weighted by Gasteiger charge is -2.10. The van der Waals surface area contributed by atoms with Crippen molar-refractivity contribution in [3.8, 4) is 5.75 Å². The summed E-state index contributed by atoms with van der Waals surface area (Å²) in [4.78, 5) is 0. The third-order valence-electron chi connectivity index (χ3n) is 2.56. The summed E-state index contributed by atoms with van der Waals surface area (Å²) in [7, 11) is 2.44. The van der Waals surface area contributed by atoms with Crippen molar-refractivity contribution >= 4 is 19.2 Å². The molecule has 0 saturated carbocycles. The van der Waals surface area contributed by atoms with Crippen molar-refractivity contribution < 1.29 is 5.11 Å². The fourth-order valence-electron chi connectivity index (χ4n) is 1.71. The average molecular weight is 245 g/mol. The van der Waals surface area contributed by atoms with E-state index in [0.717, 1.165) is 11.8 Å². The summed E-state index contributed by atoms with van der Waals surface area (Å²) < 4.78 is 0. The van der Waals surface area contributed by atoms with Gasteiger partial charge >= 0.3 is 0 Å². The minimum Gasteiger partial charge on any atom is -0.507 e. The van der Waals surface area contributed by atoms with Crippen LogP contribution in [-0.2, 0) is 6.54 Å². The molecule has 0 aliphatic heterocycles. The van der Waals surface area contributed by atoms with Gasteiger partial charge in [-0.3, -0.25) is 0 Å². The monoisotopic (exact) mass is 245 g/mol. The largest absolute Gasteiger partial charge is 0.507 e. The van der Waals surface area contributed by atoms with Gasteiger partial charge in [-0.1, -0.05) is 51.0 Å². The number of hydrogen-bond donors (Lipinski definition) is 2. The van der Waals surface area contributed by atoms with Gasteiger partial charge in [0.2, 0.25) is 0 Å². The first-order chi connectivity index (χ1) is 8.31. The summed E-state index contributed by atoms with van der Waals surface area (Å²) in [6.07, 6.45) is 0. The van der Waals surface area contributed by atoms with E-state index in [4.69, 9.17) is 0 Å². The zero-order valence-electron chi connectivity index (χ0n) is 9.77. The number of phenols is 1. The molecule has 1 unspecified atom stereocenters. The van der Waals surface area contributed by atoms with Crippen molar-refractivity contribution in [3.05, 3.63) is 54.1 Å². The molecular formula is C14H16NOP. The smallest absolute Gasteiger partial charge is 0.123 e. The van der Waals surface area contributed by atoms with E-state index in [-0.39, 0.29) is 0 Å². The minimum absolute atomic E-state index is 0.380. The van der Waals surface area contributed by atoms with Crippen LogP contribution >= 0.6 is 8.58 Å². The molecule has 3 heteroatoms. The van der Waals surface area contributed by atoms with E-state index in [9.17, 15) is 5.11 Å². The molecule has 2 N–H and O–H groups in total. The fraction of sp³-hybridized carbons (Fsp3) is 0.143. The Morgan fingerprint density at radius 1 is 1.00 bits per heavy atom. The molecule has 2 rings (SSSR count). The van der Waals surface area contributed by atoms with Crippen molar-refractivity contribution in [1.29, 1.82) is 0 Å². The zero-order chi connectivity index (χ0) is 12.1. The third-order valence-corrected chi connectivity index (χ3v) is 4.01. The van der Waals surface area contributed by atoms with E-state index in [1.807, 2.05) is 37.4 Å². The number of para-hydroxylation sites is 1. The molecule has 2 nitrogen and oxygen atoms in total. The van der Waals surface area contributed by atoms with Crippen LogP contribution < -0.4 is 15.9 Å². The molecule has 88 valence electrons. The Morgan fingerprint density at radius 2 is 1.65 bits per heavy atom. The van der Waals surface area contributed by atoms with E-state index in [2.05, 4.69) is 17.4 Å². The van der Waals surface area contributed by atoms with E-state index >= 15 is 0 Å². The van der Waals surface area contributed by atoms with Crippen LogP contribution in [0.25, 0.3) is 0 Å². The lowest BCUT2D eigenvalue weighted by atomic mass is 10.2. The van der Waals surface area contributed by atoms with Crippen LogP contribution in [-0.4, -0.2) is 12.2 Å². The van der Waals surface area contributed by atoms with Crippen LogP contribution in [0.15, 0.2) is 48.5 Å². The normalized spacial score (nSPS) is 11.1. The average Bonchev–Trinajstić information content (AvgIpc) is 2.35. The van der Waals surface area contributed by atoms with Crippen molar-refractivity contribution in [1.82, 2.24) is 5.32 Å². The first kappa shape index (κ1) is 12.1. The maximum atomic E-state index is 9.78. The predicted molar refractivity (Wildman–Crippen MR) is 74.9 cm³/mol. The van der Waals surface area contributed by atoms with E-state index < -0.39 is 0 Å². The molecule has 2 aromatic carbocycles. The quantitative estimate of drug-likeness (QED) is 0.804. The first-order valence-corrected chi connectivity index (χ1v) is 6.59. The Labute approximate surface area is 103 Å². The second-order valence-electron chi connectivity index (χ2n) is 3.83. The Balaban J connectivity index is 2.27. The molecule has 0 aromatic heterocycles. The standard InChI is InChI=1S/C14H16NOP/c1-15-10-11-6-2-4-8-13(11)17-14-9-5-3-7-12(14)16/h2-9,15-17H,10H2,1H3. The van der Waals surface area contributed by atoms with Crippen LogP contribution in [0, 0.1) is 0 Å². The number of hydrogen-bond acceptors (Lipinski definition) is 2. The van der Waals surface area contributed by atoms with Crippen molar-refractivity contribution in [3.63, 3.8) is 0 Å². The first-order valence-electron chi connectivity index (χ1n) is 5.59. The van der Waals surface area contributed by atoms with Gasteiger partial charge in [-0.25, -0.2) is 0 Å². The van der Waals surface area contributed by atoms with Crippen molar-refractivity contribution in [2.75, 3.05) is 7.05 Å². The molecule has 0 radical (unpaired) electrons. The highest BCUT2D eigenvalue weighted by atomic mass is 31.1. The minimum atomic E-state index is 0.380. The van der Waals surface area contributed by atoms with Gasteiger partial charge in [0.05, 0.1) is 0 Å². The van der Waals surface area contributed by atoms with Crippen LogP contribution in [0.1, 0.15) is 5.56 Å². The summed E-state index contributed by atoms with van der Waals surface area (Å²) in [5, 5.41) is 15.2. The molecule has 0 amide bonds. The fourth-order valence-corrected chi connectivity index (χ4v) is 2.90. The second-order valence-corrected chi connectivity index (χ2v) is 5.16. The molecule has 0 saturated heterocycles. The van der Waals surface area contributed by atoms with Crippen molar-refractivity contribution in [2.45, 2.75) is 6.54 Å². The number of nitrogens with one attached hydrogen (secondary N) is 1. The molecule has 0 aliphatic carbocycles. The Kier molecular flexibility index (Phi) is 4.13. The number of phenolic OH excluding ortho intramolecular Hbond substituents is 1. The van der Waals surface area contributed by atoms with Crippen LogP contribution in [0.4, 0.5) is 0 Å². The van der Waals surface area contributed by atoms with E-state index in [1.54, 1.807) is 6.07 Å². The summed E-state index contributed by atoms with van der Waals surface area (Å²) in [5.74, 6) is 0.380. The number of benzene rings is 2. The highest BCUT2D eigenvalue weighted by molar-refractivity contribution is 7.55. The van der Waals surface area contributed by atoms with Gasteiger partial charge in [0.25, 0.3) is 0 Å². The molecule has 0 aliphatic rings. The van der Waals surface area contributed by atoms with Gasteiger partial charge in [0.1, 0.15) is 5.75 Å². The third kappa shape index (κ3) is 3.06. The second kappa shape index (κ2) is 5.81. The summed E-state index contributed by atoms with van der Waals surface area (Å²) >= 11 is 0. The lowest BCUT2D eigenvalue weighted by molar-refractivity contribution is 0.480. The van der Waals surface area contributed by atoms with Gasteiger partial charge < -0.3 is 10.4 Å². The molecule has 0 spiro atoms. The summed E-state index contributed by atoms with van der Waals surface area (Å²) in [6, 6.07) is 15.9. The summed E-state index contributed by atoms with van der Waals surface area (Å²) in [5.41, 5.74) is 1.29. The molecule has 17 heavy (non-hydrogen) atoms. The predicted octanol–water partition coefficient (Wildman–Crippen LogP) is 1.74. The van der Waals surface area contributed by atoms with E-state index in [1.165, 1.54) is 10.9 Å². The van der Waals surface area contributed by atoms with Gasteiger partial charge in [0.15, 0.2) is 0 Å². The molecular weight excluding hydrogens is 229 g/mol. The van der Waals surface area contributed by atoms with Crippen LogP contribution in [0.3, 0.4) is 0 Å². The number of rotatable bonds is 4. The Morgan fingerprint density at radius 3 is 2.35 bits per heavy atom. The highest BCUT2D eigenvalue weighted by Crippen LogP contribution is 2.19. The van der Waals surface area contributed by atoms with Gasteiger partial charge in [0, 0.05) is 11.8 Å². The zero-order valence-corrected chi connectivity index (χ0v) is 10.8. The maximum Gasteiger partial charge on any atom is 0.123 e. The van der Waals surface area contributed by atoms with Gasteiger partial charge in [-0.15, -0.1) is 0 Å². The topological polar surface area (TPSA) is 32.3 Å². The molecule has 0 heterocycles. The molecule has 0 bridgehead atoms. The van der Waals surface area contributed by atoms with Gasteiger partial charge in [-0.05, 0) is 24.0 Å². The van der Waals surface area contributed by atoms with Crippen LogP contribution in [0.2, 0.25) is 0 Å². The van der Waals surface area contributed by atoms with Gasteiger partial charge in [-0.2, -0.15) is 0 Å².